The first-order valence-corrected chi connectivity index (χ1v) is 6.16. The van der Waals surface area contributed by atoms with Crippen molar-refractivity contribution in [2.45, 2.75) is 32.3 Å². The smallest absolute Gasteiger partial charge is 0.306 e. The van der Waals surface area contributed by atoms with E-state index in [0.717, 1.165) is 24.2 Å². The van der Waals surface area contributed by atoms with Crippen LogP contribution in [0.5, 0.6) is 11.5 Å². The lowest BCUT2D eigenvalue weighted by molar-refractivity contribution is -0.141. The third-order valence-corrected chi connectivity index (χ3v) is 3.01. The summed E-state index contributed by atoms with van der Waals surface area (Å²) in [4.78, 5) is 10.8. The molecule has 1 N–H and O–H groups in total. The van der Waals surface area contributed by atoms with Gasteiger partial charge in [-0.15, -0.1) is 0 Å². The lowest BCUT2D eigenvalue weighted by Crippen LogP contribution is -2.12. The number of carbonyl (C=O) groups is 1. The zero-order valence-corrected chi connectivity index (χ0v) is 10.7. The number of ether oxygens (including phenoxy) is 2. The third kappa shape index (κ3) is 3.15. The third-order valence-electron chi connectivity index (χ3n) is 3.01. The summed E-state index contributed by atoms with van der Waals surface area (Å²) in [7, 11) is 1.60. The number of carboxylic acid groups (broad SMARTS) is 1. The molecule has 18 heavy (non-hydrogen) atoms. The molecule has 0 bridgehead atoms. The van der Waals surface area contributed by atoms with Crippen molar-refractivity contribution in [2.24, 2.45) is 5.92 Å². The van der Waals surface area contributed by atoms with Crippen LogP contribution in [-0.2, 0) is 11.2 Å². The van der Waals surface area contributed by atoms with Crippen LogP contribution in [-0.4, -0.2) is 24.3 Å². The maximum absolute atomic E-state index is 10.8. The molecule has 1 unspecified atom stereocenters. The minimum Gasteiger partial charge on any atom is -0.493 e. The summed E-state index contributed by atoms with van der Waals surface area (Å²) >= 11 is 0. The minimum atomic E-state index is -0.785. The highest BCUT2D eigenvalue weighted by molar-refractivity contribution is 5.70. The minimum absolute atomic E-state index is 0.322. The van der Waals surface area contributed by atoms with Crippen molar-refractivity contribution < 1.29 is 19.4 Å². The van der Waals surface area contributed by atoms with Gasteiger partial charge < -0.3 is 14.6 Å². The van der Waals surface area contributed by atoms with E-state index in [2.05, 4.69) is 0 Å². The fourth-order valence-corrected chi connectivity index (χ4v) is 1.74. The predicted octanol–water partition coefficient (Wildman–Crippen LogP) is 2.50. The lowest BCUT2D eigenvalue weighted by Gasteiger charge is -2.12. The van der Waals surface area contributed by atoms with Crippen LogP contribution in [0.2, 0.25) is 0 Å². The number of rotatable bonds is 6. The second kappa shape index (κ2) is 5.29. The van der Waals surface area contributed by atoms with Crippen molar-refractivity contribution in [1.82, 2.24) is 0 Å². The van der Waals surface area contributed by atoms with E-state index < -0.39 is 11.9 Å². The van der Waals surface area contributed by atoms with E-state index in [0.29, 0.717) is 18.3 Å². The normalized spacial score (nSPS) is 16.1. The molecule has 0 aliphatic heterocycles. The van der Waals surface area contributed by atoms with Gasteiger partial charge in [-0.05, 0) is 37.0 Å². The Balaban J connectivity index is 2.10. The van der Waals surface area contributed by atoms with Crippen LogP contribution >= 0.6 is 0 Å². The molecule has 2 rings (SSSR count). The Labute approximate surface area is 107 Å². The van der Waals surface area contributed by atoms with Gasteiger partial charge >= 0.3 is 5.97 Å². The molecule has 0 spiro atoms. The van der Waals surface area contributed by atoms with Gasteiger partial charge in [0.25, 0.3) is 0 Å². The van der Waals surface area contributed by atoms with Crippen LogP contribution < -0.4 is 9.47 Å². The molecular formula is C14H18O4. The Morgan fingerprint density at radius 2 is 2.17 bits per heavy atom. The summed E-state index contributed by atoms with van der Waals surface area (Å²) in [6.45, 7) is 1.70. The quantitative estimate of drug-likeness (QED) is 0.842. The average molecular weight is 250 g/mol. The molecule has 1 aromatic rings. The average Bonchev–Trinajstić information content (AvgIpc) is 3.14. The predicted molar refractivity (Wildman–Crippen MR) is 67.1 cm³/mol. The van der Waals surface area contributed by atoms with Crippen LogP contribution in [0.25, 0.3) is 0 Å². The Morgan fingerprint density at radius 3 is 2.72 bits per heavy atom. The van der Waals surface area contributed by atoms with Crippen LogP contribution in [0, 0.1) is 5.92 Å². The van der Waals surface area contributed by atoms with Crippen LogP contribution in [0.3, 0.4) is 0 Å². The van der Waals surface area contributed by atoms with Gasteiger partial charge in [-0.2, -0.15) is 0 Å². The Morgan fingerprint density at radius 1 is 1.44 bits per heavy atom. The maximum atomic E-state index is 10.8. The van der Waals surface area contributed by atoms with Crippen LogP contribution in [0.4, 0.5) is 0 Å². The van der Waals surface area contributed by atoms with E-state index in [4.69, 9.17) is 14.6 Å². The van der Waals surface area contributed by atoms with Crippen molar-refractivity contribution in [3.63, 3.8) is 0 Å². The van der Waals surface area contributed by atoms with E-state index >= 15 is 0 Å². The second-order valence-corrected chi connectivity index (χ2v) is 4.75. The summed E-state index contributed by atoms with van der Waals surface area (Å²) in [5, 5.41) is 8.90. The fraction of sp³-hybridized carbons (Fsp3) is 0.500. The maximum Gasteiger partial charge on any atom is 0.306 e. The number of methoxy groups -OCH3 is 1. The van der Waals surface area contributed by atoms with Gasteiger partial charge in [0.2, 0.25) is 0 Å². The highest BCUT2D eigenvalue weighted by atomic mass is 16.5. The van der Waals surface area contributed by atoms with Gasteiger partial charge in [-0.25, -0.2) is 0 Å². The van der Waals surface area contributed by atoms with Gasteiger partial charge in [0, 0.05) is 0 Å². The van der Waals surface area contributed by atoms with Crippen molar-refractivity contribution in [2.75, 3.05) is 7.11 Å². The zero-order valence-electron chi connectivity index (χ0n) is 10.7. The highest BCUT2D eigenvalue weighted by Gasteiger charge is 2.25. The van der Waals surface area contributed by atoms with E-state index in [1.54, 1.807) is 14.0 Å². The van der Waals surface area contributed by atoms with Gasteiger partial charge in [-0.1, -0.05) is 13.0 Å². The number of benzene rings is 1. The molecule has 1 fully saturated rings. The summed E-state index contributed by atoms with van der Waals surface area (Å²) in [5.41, 5.74) is 0.949. The fourth-order valence-electron chi connectivity index (χ4n) is 1.74. The summed E-state index contributed by atoms with van der Waals surface area (Å²) < 4.78 is 11.0. The number of carboxylic acids is 1. The van der Waals surface area contributed by atoms with E-state index in [-0.39, 0.29) is 0 Å². The molecule has 0 heterocycles. The van der Waals surface area contributed by atoms with E-state index in [1.165, 1.54) is 0 Å². The molecule has 1 aliphatic carbocycles. The van der Waals surface area contributed by atoms with Crippen LogP contribution in [0.15, 0.2) is 18.2 Å². The molecule has 0 aromatic heterocycles. The SMILES string of the molecule is COc1cc(CC(C)C(=O)O)ccc1OC1CC1. The molecule has 4 heteroatoms. The molecule has 1 saturated carbocycles. The van der Waals surface area contributed by atoms with E-state index in [9.17, 15) is 4.79 Å². The van der Waals surface area contributed by atoms with Crippen molar-refractivity contribution in [3.05, 3.63) is 23.8 Å². The van der Waals surface area contributed by atoms with Gasteiger partial charge in [0.1, 0.15) is 0 Å². The standard InChI is InChI=1S/C14H18O4/c1-9(14(15)16)7-10-3-6-12(13(8-10)17-2)18-11-4-5-11/h3,6,8-9,11H,4-5,7H2,1-2H3,(H,15,16). The molecular weight excluding hydrogens is 232 g/mol. The molecule has 0 radical (unpaired) electrons. The van der Waals surface area contributed by atoms with Crippen molar-refractivity contribution in [1.29, 1.82) is 0 Å². The molecule has 0 amide bonds. The summed E-state index contributed by atoms with van der Waals surface area (Å²) in [6, 6.07) is 5.62. The Bertz CT molecular complexity index is 437. The molecule has 98 valence electrons. The van der Waals surface area contributed by atoms with E-state index in [1.807, 2.05) is 18.2 Å². The lowest BCUT2D eigenvalue weighted by atomic mass is 10.0. The highest BCUT2D eigenvalue weighted by Crippen LogP contribution is 2.34. The summed E-state index contributed by atoms with van der Waals surface area (Å²) in [5.74, 6) is 0.237. The van der Waals surface area contributed by atoms with Gasteiger partial charge in [0.15, 0.2) is 11.5 Å². The first kappa shape index (κ1) is 12.7. The molecule has 1 aromatic carbocycles. The van der Waals surface area contributed by atoms with Gasteiger partial charge in [-0.3, -0.25) is 4.79 Å². The van der Waals surface area contributed by atoms with Crippen LogP contribution in [0.1, 0.15) is 25.3 Å². The van der Waals surface area contributed by atoms with Crippen molar-refractivity contribution >= 4 is 5.97 Å². The second-order valence-electron chi connectivity index (χ2n) is 4.75. The molecule has 4 nitrogen and oxygen atoms in total. The zero-order chi connectivity index (χ0) is 13.1. The van der Waals surface area contributed by atoms with Gasteiger partial charge in [0.05, 0.1) is 19.1 Å². The Kier molecular flexibility index (Phi) is 3.75. The molecule has 0 saturated heterocycles. The first-order chi connectivity index (χ1) is 8.60. The molecule has 1 aliphatic rings. The Hall–Kier alpha value is -1.71. The first-order valence-electron chi connectivity index (χ1n) is 6.16. The summed E-state index contributed by atoms with van der Waals surface area (Å²) in [6.07, 6.45) is 3.01. The topological polar surface area (TPSA) is 55.8 Å². The monoisotopic (exact) mass is 250 g/mol. The molecule has 1 atom stereocenters. The number of hydrogen-bond acceptors (Lipinski definition) is 3. The van der Waals surface area contributed by atoms with Crippen molar-refractivity contribution in [3.8, 4) is 11.5 Å². The number of hydrogen-bond donors (Lipinski definition) is 1. The number of aliphatic carboxylic acids is 1. The largest absolute Gasteiger partial charge is 0.493 e.